The first-order chi connectivity index (χ1) is 10.1. The van der Waals surface area contributed by atoms with Crippen LogP contribution >= 0.6 is 15.9 Å². The predicted octanol–water partition coefficient (Wildman–Crippen LogP) is 3.95. The van der Waals surface area contributed by atoms with Gasteiger partial charge in [-0.15, -0.1) is 0 Å². The van der Waals surface area contributed by atoms with E-state index >= 15 is 0 Å². The highest BCUT2D eigenvalue weighted by Gasteiger charge is 2.11. The zero-order valence-electron chi connectivity index (χ0n) is 12.4. The quantitative estimate of drug-likeness (QED) is 0.739. The maximum absolute atomic E-state index is 5.73. The third-order valence-corrected chi connectivity index (χ3v) is 3.74. The number of rotatable bonds is 6. The summed E-state index contributed by atoms with van der Waals surface area (Å²) in [5, 5.41) is 0. The molecule has 0 aliphatic rings. The molecule has 0 amide bonds. The van der Waals surface area contributed by atoms with Crippen LogP contribution in [-0.4, -0.2) is 23.2 Å². The molecule has 1 atom stereocenters. The number of aromatic nitrogens is 2. The number of ether oxygens (including phenoxy) is 2. The van der Waals surface area contributed by atoms with Gasteiger partial charge in [0.2, 0.25) is 5.88 Å². The molecule has 1 aromatic heterocycles. The van der Waals surface area contributed by atoms with E-state index in [1.54, 1.807) is 7.11 Å². The summed E-state index contributed by atoms with van der Waals surface area (Å²) in [6.07, 6.45) is 2.44. The van der Waals surface area contributed by atoms with Gasteiger partial charge in [-0.3, -0.25) is 0 Å². The van der Waals surface area contributed by atoms with Gasteiger partial charge in [-0.05, 0) is 31.5 Å². The molecule has 0 aliphatic heterocycles. The fourth-order valence-corrected chi connectivity index (χ4v) is 2.57. The number of halogens is 1. The molecule has 21 heavy (non-hydrogen) atoms. The third kappa shape index (κ3) is 4.70. The average Bonchev–Trinajstić information content (AvgIpc) is 2.47. The van der Waals surface area contributed by atoms with Gasteiger partial charge in [-0.1, -0.05) is 28.1 Å². The van der Waals surface area contributed by atoms with Gasteiger partial charge < -0.3 is 9.47 Å². The van der Waals surface area contributed by atoms with Crippen LogP contribution in [0.25, 0.3) is 0 Å². The Bertz CT molecular complexity index is 590. The van der Waals surface area contributed by atoms with Crippen molar-refractivity contribution in [3.8, 4) is 11.6 Å². The van der Waals surface area contributed by atoms with Crippen LogP contribution in [0.3, 0.4) is 0 Å². The molecule has 2 aromatic rings. The maximum atomic E-state index is 5.73. The summed E-state index contributed by atoms with van der Waals surface area (Å²) in [5.74, 6) is 1.46. The first kappa shape index (κ1) is 15.8. The number of methoxy groups -OCH3 is 1. The van der Waals surface area contributed by atoms with Crippen LogP contribution in [0.2, 0.25) is 0 Å². The smallest absolute Gasteiger partial charge is 0.216 e. The van der Waals surface area contributed by atoms with Crippen LogP contribution in [-0.2, 0) is 6.42 Å². The number of alkyl halides is 1. The topological polar surface area (TPSA) is 44.2 Å². The molecule has 1 unspecified atom stereocenters. The molecule has 1 heterocycles. The summed E-state index contributed by atoms with van der Waals surface area (Å²) >= 11 is 3.71. The second kappa shape index (κ2) is 7.41. The Kier molecular flexibility index (Phi) is 5.56. The van der Waals surface area contributed by atoms with Gasteiger partial charge in [-0.2, -0.15) is 0 Å². The van der Waals surface area contributed by atoms with Gasteiger partial charge in [0.25, 0.3) is 0 Å². The van der Waals surface area contributed by atoms with Gasteiger partial charge in [0.05, 0.1) is 13.2 Å². The van der Waals surface area contributed by atoms with Crippen molar-refractivity contribution in [2.24, 2.45) is 0 Å². The minimum absolute atomic E-state index is 0.160. The van der Waals surface area contributed by atoms with E-state index in [0.717, 1.165) is 23.4 Å². The Labute approximate surface area is 133 Å². The normalized spacial score (nSPS) is 12.2. The molecule has 0 aliphatic carbocycles. The van der Waals surface area contributed by atoms with Crippen molar-refractivity contribution in [3.05, 3.63) is 47.9 Å². The molecule has 0 spiro atoms. The Morgan fingerprint density at radius 3 is 2.71 bits per heavy atom. The number of nitrogens with zero attached hydrogens (tertiary/aromatic N) is 2. The van der Waals surface area contributed by atoms with Gasteiger partial charge in [0.15, 0.2) is 0 Å². The summed E-state index contributed by atoms with van der Waals surface area (Å²) in [7, 11) is 1.60. The van der Waals surface area contributed by atoms with Crippen molar-refractivity contribution < 1.29 is 9.47 Å². The second-order valence-electron chi connectivity index (χ2n) is 4.96. The average molecular weight is 351 g/mol. The molecule has 0 radical (unpaired) electrons. The molecule has 112 valence electrons. The van der Waals surface area contributed by atoms with E-state index in [1.165, 1.54) is 6.33 Å². The molecule has 0 N–H and O–H groups in total. The second-order valence-corrected chi connectivity index (χ2v) is 6.07. The van der Waals surface area contributed by atoms with Gasteiger partial charge >= 0.3 is 0 Å². The molecule has 2 rings (SSSR count). The molecule has 5 heteroatoms. The number of benzene rings is 1. The van der Waals surface area contributed by atoms with E-state index in [4.69, 9.17) is 9.47 Å². The van der Waals surface area contributed by atoms with Gasteiger partial charge in [0.1, 0.15) is 12.1 Å². The van der Waals surface area contributed by atoms with E-state index in [0.29, 0.717) is 5.88 Å². The molecule has 0 saturated heterocycles. The molecule has 1 aromatic carbocycles. The van der Waals surface area contributed by atoms with E-state index in [-0.39, 0.29) is 10.9 Å². The Morgan fingerprint density at radius 1 is 1.19 bits per heavy atom. The minimum atomic E-state index is 0.160. The van der Waals surface area contributed by atoms with E-state index in [9.17, 15) is 0 Å². The van der Waals surface area contributed by atoms with Crippen LogP contribution in [0.4, 0.5) is 0 Å². The fraction of sp³-hybridized carbons (Fsp3) is 0.375. The summed E-state index contributed by atoms with van der Waals surface area (Å²) in [6.45, 7) is 4.04. The van der Waals surface area contributed by atoms with E-state index in [2.05, 4.69) is 38.0 Å². The summed E-state index contributed by atoms with van der Waals surface area (Å²) in [6, 6.07) is 9.95. The summed E-state index contributed by atoms with van der Waals surface area (Å²) in [4.78, 5) is 8.45. The zero-order valence-corrected chi connectivity index (χ0v) is 14.0. The zero-order chi connectivity index (χ0) is 15.2. The van der Waals surface area contributed by atoms with E-state index < -0.39 is 0 Å². The summed E-state index contributed by atoms with van der Waals surface area (Å²) in [5.41, 5.74) is 2.09. The van der Waals surface area contributed by atoms with Gasteiger partial charge in [-0.25, -0.2) is 9.97 Å². The monoisotopic (exact) mass is 350 g/mol. The number of hydrogen-bond acceptors (Lipinski definition) is 4. The number of hydrogen-bond donors (Lipinski definition) is 0. The van der Waals surface area contributed by atoms with Crippen molar-refractivity contribution >= 4 is 15.9 Å². The van der Waals surface area contributed by atoms with Crippen molar-refractivity contribution in [1.29, 1.82) is 0 Å². The summed E-state index contributed by atoms with van der Waals surface area (Å²) < 4.78 is 10.8. The molecule has 0 bridgehead atoms. The Balaban J connectivity index is 2.10. The molecular weight excluding hydrogens is 332 g/mol. The van der Waals surface area contributed by atoms with Crippen LogP contribution < -0.4 is 9.47 Å². The van der Waals surface area contributed by atoms with Crippen LogP contribution in [0.15, 0.2) is 36.7 Å². The highest BCUT2D eigenvalue weighted by atomic mass is 79.9. The lowest BCUT2D eigenvalue weighted by Gasteiger charge is -2.14. The van der Waals surface area contributed by atoms with E-state index in [1.807, 2.05) is 32.0 Å². The Hall–Kier alpha value is -1.62. The lowest BCUT2D eigenvalue weighted by atomic mass is 10.1. The molecule has 4 nitrogen and oxygen atoms in total. The van der Waals surface area contributed by atoms with Crippen LogP contribution in [0, 0.1) is 0 Å². The standard InChI is InChI=1S/C16H19BrN2O2/c1-11(2)21-14-6-4-5-12(7-14)15(17)8-13-9-16(20-3)19-10-18-13/h4-7,9-11,15H,8H2,1-3H3. The highest BCUT2D eigenvalue weighted by molar-refractivity contribution is 9.09. The first-order valence-corrected chi connectivity index (χ1v) is 7.75. The third-order valence-electron chi connectivity index (χ3n) is 2.89. The maximum Gasteiger partial charge on any atom is 0.216 e. The lowest BCUT2D eigenvalue weighted by molar-refractivity contribution is 0.242. The van der Waals surface area contributed by atoms with Crippen molar-refractivity contribution in [2.45, 2.75) is 31.2 Å². The van der Waals surface area contributed by atoms with Crippen LogP contribution in [0.1, 0.15) is 29.9 Å². The highest BCUT2D eigenvalue weighted by Crippen LogP contribution is 2.29. The first-order valence-electron chi connectivity index (χ1n) is 6.84. The predicted molar refractivity (Wildman–Crippen MR) is 86.2 cm³/mol. The molecule has 0 fully saturated rings. The molecule has 0 saturated carbocycles. The minimum Gasteiger partial charge on any atom is -0.491 e. The van der Waals surface area contributed by atoms with Gasteiger partial charge in [0, 0.05) is 23.0 Å². The SMILES string of the molecule is COc1cc(CC(Br)c2cccc(OC(C)C)c2)ncn1. The van der Waals surface area contributed by atoms with Crippen LogP contribution in [0.5, 0.6) is 11.6 Å². The molecular formula is C16H19BrN2O2. The van der Waals surface area contributed by atoms with Crippen molar-refractivity contribution in [3.63, 3.8) is 0 Å². The Morgan fingerprint density at radius 2 is 2.00 bits per heavy atom. The fourth-order valence-electron chi connectivity index (χ4n) is 1.96. The lowest BCUT2D eigenvalue weighted by Crippen LogP contribution is -2.06. The van der Waals surface area contributed by atoms with Crippen molar-refractivity contribution in [1.82, 2.24) is 9.97 Å². The van der Waals surface area contributed by atoms with Crippen molar-refractivity contribution in [2.75, 3.05) is 7.11 Å². The largest absolute Gasteiger partial charge is 0.491 e.